The monoisotopic (exact) mass is 306 g/mol. The van der Waals surface area contributed by atoms with Crippen LogP contribution in [0.5, 0.6) is 0 Å². The highest BCUT2D eigenvalue weighted by Crippen LogP contribution is 2.35. The van der Waals surface area contributed by atoms with Gasteiger partial charge in [0.15, 0.2) is 0 Å². The van der Waals surface area contributed by atoms with E-state index in [2.05, 4.69) is 0 Å². The van der Waals surface area contributed by atoms with Gasteiger partial charge in [-0.05, 0) is 44.5 Å². The minimum atomic E-state index is -4.50. The molecule has 0 unspecified atom stereocenters. The summed E-state index contributed by atoms with van der Waals surface area (Å²) < 4.78 is 42.5. The average Bonchev–Trinajstić information content (AvgIpc) is 2.22. The van der Waals surface area contributed by atoms with Gasteiger partial charge in [0.1, 0.15) is 5.60 Å². The second kappa shape index (κ2) is 5.87. The smallest absolute Gasteiger partial charge is 0.417 e. The van der Waals surface area contributed by atoms with Gasteiger partial charge in [-0.15, -0.1) is 0 Å². The first-order valence-corrected chi connectivity index (χ1v) is 6.14. The van der Waals surface area contributed by atoms with Crippen LogP contribution in [0.15, 0.2) is 24.3 Å². The Labute approximate surface area is 120 Å². The van der Waals surface area contributed by atoms with Crippen molar-refractivity contribution in [1.82, 2.24) is 0 Å². The van der Waals surface area contributed by atoms with E-state index < -0.39 is 28.3 Å². The number of hydrogen-bond donors (Lipinski definition) is 0. The van der Waals surface area contributed by atoms with E-state index in [-0.39, 0.29) is 0 Å². The van der Waals surface area contributed by atoms with Crippen LogP contribution in [0.3, 0.4) is 0 Å². The third-order valence-corrected chi connectivity index (χ3v) is 2.43. The number of benzene rings is 1. The van der Waals surface area contributed by atoms with Crippen LogP contribution in [-0.4, -0.2) is 11.6 Å². The van der Waals surface area contributed by atoms with E-state index in [4.69, 9.17) is 16.3 Å². The predicted octanol–water partition coefficient (Wildman–Crippen LogP) is 4.71. The number of alkyl halides is 3. The van der Waals surface area contributed by atoms with Crippen LogP contribution in [0.2, 0.25) is 5.02 Å². The third kappa shape index (κ3) is 5.25. The fraction of sp³-hybridized carbons (Fsp3) is 0.357. The Balaban J connectivity index is 2.85. The predicted molar refractivity (Wildman–Crippen MR) is 71.3 cm³/mol. The quantitative estimate of drug-likeness (QED) is 0.584. The van der Waals surface area contributed by atoms with Gasteiger partial charge in [-0.3, -0.25) is 0 Å². The lowest BCUT2D eigenvalue weighted by Crippen LogP contribution is -2.22. The van der Waals surface area contributed by atoms with Crippen molar-refractivity contribution in [3.8, 4) is 0 Å². The summed E-state index contributed by atoms with van der Waals surface area (Å²) in [5.41, 5.74) is -1.15. The lowest BCUT2D eigenvalue weighted by Gasteiger charge is -2.17. The first-order valence-electron chi connectivity index (χ1n) is 5.77. The minimum Gasteiger partial charge on any atom is -0.457 e. The number of carbonyl (C=O) groups is 1. The van der Waals surface area contributed by atoms with Crippen molar-refractivity contribution < 1.29 is 22.7 Å². The summed E-state index contributed by atoms with van der Waals surface area (Å²) in [4.78, 5) is 11.4. The summed E-state index contributed by atoms with van der Waals surface area (Å²) in [5.74, 6) is -0.575. The summed E-state index contributed by atoms with van der Waals surface area (Å²) >= 11 is 5.57. The summed E-state index contributed by atoms with van der Waals surface area (Å²) in [6.07, 6.45) is -2.01. The van der Waals surface area contributed by atoms with Crippen molar-refractivity contribution in [2.45, 2.75) is 32.5 Å². The number of carbonyl (C=O) groups excluding carboxylic acids is 1. The molecule has 0 bridgehead atoms. The van der Waals surface area contributed by atoms with Gasteiger partial charge in [0.05, 0.1) is 10.6 Å². The standard InChI is InChI=1S/C14H14ClF3O2/c1-13(2,3)20-12(19)7-5-9-4-6-10(11(15)8-9)14(16,17)18/h4-8H,1-3H3/b7-5+. The molecule has 0 aromatic heterocycles. The summed E-state index contributed by atoms with van der Waals surface area (Å²) in [5, 5.41) is -0.413. The molecule has 1 rings (SSSR count). The van der Waals surface area contributed by atoms with Gasteiger partial charge in [-0.25, -0.2) is 4.79 Å². The molecule has 0 atom stereocenters. The molecule has 20 heavy (non-hydrogen) atoms. The zero-order chi connectivity index (χ0) is 15.6. The molecule has 0 spiro atoms. The van der Waals surface area contributed by atoms with E-state index in [0.717, 1.165) is 18.2 Å². The van der Waals surface area contributed by atoms with Gasteiger partial charge in [0.2, 0.25) is 0 Å². The molecule has 0 radical (unpaired) electrons. The molecule has 0 aliphatic heterocycles. The second-order valence-electron chi connectivity index (χ2n) is 5.10. The maximum Gasteiger partial charge on any atom is 0.417 e. The first-order chi connectivity index (χ1) is 8.99. The summed E-state index contributed by atoms with van der Waals surface area (Å²) in [6, 6.07) is 3.25. The van der Waals surface area contributed by atoms with E-state index in [1.165, 1.54) is 12.1 Å². The minimum absolute atomic E-state index is 0.383. The second-order valence-corrected chi connectivity index (χ2v) is 5.51. The summed E-state index contributed by atoms with van der Waals surface area (Å²) in [6.45, 7) is 5.15. The Kier molecular flexibility index (Phi) is 4.86. The van der Waals surface area contributed by atoms with Gasteiger partial charge in [0.25, 0.3) is 0 Å². The molecule has 0 saturated carbocycles. The number of rotatable bonds is 2. The molecule has 0 saturated heterocycles. The Morgan fingerprint density at radius 3 is 2.30 bits per heavy atom. The molecular formula is C14H14ClF3O2. The van der Waals surface area contributed by atoms with Crippen molar-refractivity contribution in [2.24, 2.45) is 0 Å². The Bertz CT molecular complexity index is 528. The Morgan fingerprint density at radius 1 is 1.25 bits per heavy atom. The fourth-order valence-corrected chi connectivity index (χ4v) is 1.66. The van der Waals surface area contributed by atoms with Crippen molar-refractivity contribution in [2.75, 3.05) is 0 Å². The Hall–Kier alpha value is -1.49. The van der Waals surface area contributed by atoms with Gasteiger partial charge < -0.3 is 4.74 Å². The topological polar surface area (TPSA) is 26.3 Å². The van der Waals surface area contributed by atoms with E-state index in [1.54, 1.807) is 20.8 Å². The lowest BCUT2D eigenvalue weighted by atomic mass is 10.1. The van der Waals surface area contributed by atoms with Crippen molar-refractivity contribution >= 4 is 23.6 Å². The van der Waals surface area contributed by atoms with Crippen molar-refractivity contribution in [3.63, 3.8) is 0 Å². The zero-order valence-electron chi connectivity index (χ0n) is 11.2. The fourth-order valence-electron chi connectivity index (χ4n) is 1.36. The van der Waals surface area contributed by atoms with Crippen LogP contribution in [0.25, 0.3) is 6.08 Å². The largest absolute Gasteiger partial charge is 0.457 e. The number of hydrogen-bond acceptors (Lipinski definition) is 2. The van der Waals surface area contributed by atoms with Gasteiger partial charge in [0, 0.05) is 6.08 Å². The van der Waals surface area contributed by atoms with Gasteiger partial charge in [-0.2, -0.15) is 13.2 Å². The molecule has 2 nitrogen and oxygen atoms in total. The molecule has 6 heteroatoms. The average molecular weight is 307 g/mol. The van der Waals surface area contributed by atoms with Gasteiger partial charge >= 0.3 is 12.1 Å². The van der Waals surface area contributed by atoms with Crippen LogP contribution in [-0.2, 0) is 15.7 Å². The van der Waals surface area contributed by atoms with Gasteiger partial charge in [-0.1, -0.05) is 17.7 Å². The summed E-state index contributed by atoms with van der Waals surface area (Å²) in [7, 11) is 0. The van der Waals surface area contributed by atoms with Crippen LogP contribution in [0, 0.1) is 0 Å². The van der Waals surface area contributed by atoms with Crippen molar-refractivity contribution in [3.05, 3.63) is 40.4 Å². The van der Waals surface area contributed by atoms with Crippen molar-refractivity contribution in [1.29, 1.82) is 0 Å². The highest BCUT2D eigenvalue weighted by atomic mass is 35.5. The molecule has 0 N–H and O–H groups in total. The highest BCUT2D eigenvalue weighted by molar-refractivity contribution is 6.31. The molecule has 0 aliphatic rings. The van der Waals surface area contributed by atoms with E-state index >= 15 is 0 Å². The molecule has 1 aromatic carbocycles. The number of esters is 1. The van der Waals surface area contributed by atoms with Crippen LogP contribution < -0.4 is 0 Å². The first kappa shape index (κ1) is 16.6. The van der Waals surface area contributed by atoms with E-state index in [9.17, 15) is 18.0 Å². The maximum absolute atomic E-state index is 12.5. The maximum atomic E-state index is 12.5. The van der Waals surface area contributed by atoms with Crippen LogP contribution in [0.1, 0.15) is 31.9 Å². The molecule has 0 amide bonds. The SMILES string of the molecule is CC(C)(C)OC(=O)/C=C/c1ccc(C(F)(F)F)c(Cl)c1. The van der Waals surface area contributed by atoms with E-state index in [0.29, 0.717) is 5.56 Å². The molecule has 110 valence electrons. The molecule has 0 fully saturated rings. The molecule has 0 heterocycles. The van der Waals surface area contributed by atoms with Crippen LogP contribution >= 0.6 is 11.6 Å². The number of halogens is 4. The lowest BCUT2D eigenvalue weighted by molar-refractivity contribution is -0.148. The van der Waals surface area contributed by atoms with E-state index in [1.807, 2.05) is 0 Å². The number of ether oxygens (including phenoxy) is 1. The normalized spacial score (nSPS) is 12.8. The van der Waals surface area contributed by atoms with Crippen LogP contribution in [0.4, 0.5) is 13.2 Å². The molecule has 0 aliphatic carbocycles. The third-order valence-electron chi connectivity index (χ3n) is 2.12. The molecular weight excluding hydrogens is 293 g/mol. The zero-order valence-corrected chi connectivity index (χ0v) is 12.0. The molecule has 1 aromatic rings. The Morgan fingerprint density at radius 2 is 1.85 bits per heavy atom. The highest BCUT2D eigenvalue weighted by Gasteiger charge is 2.32.